The van der Waals surface area contributed by atoms with Crippen LogP contribution in [0.15, 0.2) is 24.5 Å². The van der Waals surface area contributed by atoms with Crippen molar-refractivity contribution in [1.29, 1.82) is 0 Å². The zero-order valence-corrected chi connectivity index (χ0v) is 11.6. The van der Waals surface area contributed by atoms with Crippen LogP contribution in [-0.4, -0.2) is 29.0 Å². The zero-order valence-electron chi connectivity index (χ0n) is 11.6. The number of halogens is 1. The second-order valence-electron chi connectivity index (χ2n) is 5.43. The maximum Gasteiger partial charge on any atom is 0.217 e. The van der Waals surface area contributed by atoms with E-state index in [0.29, 0.717) is 17.9 Å². The molecule has 0 spiro atoms. The van der Waals surface area contributed by atoms with E-state index in [1.54, 1.807) is 6.07 Å². The zero-order chi connectivity index (χ0) is 14.8. The molecule has 2 N–H and O–H groups in total. The van der Waals surface area contributed by atoms with Gasteiger partial charge in [0.1, 0.15) is 23.5 Å². The van der Waals surface area contributed by atoms with E-state index >= 15 is 0 Å². The van der Waals surface area contributed by atoms with Gasteiger partial charge in [-0.1, -0.05) is 6.07 Å². The quantitative estimate of drug-likeness (QED) is 0.935. The number of carbonyl (C=O) groups excluding carboxylic acids is 1. The molecule has 0 unspecified atom stereocenters. The van der Waals surface area contributed by atoms with Gasteiger partial charge in [-0.25, -0.2) is 14.4 Å². The Morgan fingerprint density at radius 1 is 1.33 bits per heavy atom. The van der Waals surface area contributed by atoms with Crippen molar-refractivity contribution in [3.63, 3.8) is 0 Å². The second-order valence-corrected chi connectivity index (χ2v) is 5.43. The summed E-state index contributed by atoms with van der Waals surface area (Å²) in [6.07, 6.45) is 3.62. The number of rotatable bonds is 3. The van der Waals surface area contributed by atoms with Gasteiger partial charge in [0, 0.05) is 24.9 Å². The summed E-state index contributed by atoms with van der Waals surface area (Å²) < 4.78 is 13.8. The molecule has 0 bridgehead atoms. The number of fused-ring (bicyclic) bond motifs is 1. The van der Waals surface area contributed by atoms with Crippen molar-refractivity contribution >= 4 is 22.6 Å². The Hall–Kier alpha value is -2.24. The van der Waals surface area contributed by atoms with E-state index in [0.717, 1.165) is 37.1 Å². The first kappa shape index (κ1) is 13.7. The molecule has 0 aliphatic carbocycles. The average molecular weight is 288 g/mol. The van der Waals surface area contributed by atoms with Gasteiger partial charge in [-0.2, -0.15) is 0 Å². The molecule has 1 saturated heterocycles. The predicted octanol–water partition coefficient (Wildman–Crippen LogP) is 1.86. The molecule has 3 rings (SSSR count). The molecular weight excluding hydrogens is 271 g/mol. The molecule has 0 radical (unpaired) electrons. The Morgan fingerprint density at radius 3 is 2.81 bits per heavy atom. The van der Waals surface area contributed by atoms with Gasteiger partial charge in [0.2, 0.25) is 5.91 Å². The maximum absolute atomic E-state index is 13.8. The molecule has 1 aliphatic heterocycles. The summed E-state index contributed by atoms with van der Waals surface area (Å²) in [6.45, 7) is 1.58. The fourth-order valence-electron chi connectivity index (χ4n) is 2.92. The van der Waals surface area contributed by atoms with E-state index < -0.39 is 0 Å². The topological polar surface area (TPSA) is 72.1 Å². The average Bonchev–Trinajstić information content (AvgIpc) is 2.48. The lowest BCUT2D eigenvalue weighted by Crippen LogP contribution is -2.35. The molecule has 2 heterocycles. The molecular formula is C15H17FN4O. The minimum atomic E-state index is -0.334. The number of amides is 1. The summed E-state index contributed by atoms with van der Waals surface area (Å²) in [6, 6.07) is 4.91. The summed E-state index contributed by atoms with van der Waals surface area (Å²) in [4.78, 5) is 21.4. The molecule has 21 heavy (non-hydrogen) atoms. The van der Waals surface area contributed by atoms with Crippen molar-refractivity contribution in [2.75, 3.05) is 18.0 Å². The Bertz CT molecular complexity index is 668. The van der Waals surface area contributed by atoms with E-state index in [1.807, 2.05) is 6.07 Å². The van der Waals surface area contributed by atoms with Crippen LogP contribution in [-0.2, 0) is 4.79 Å². The molecule has 1 aliphatic rings. The number of anilines is 1. The smallest absolute Gasteiger partial charge is 0.217 e. The summed E-state index contributed by atoms with van der Waals surface area (Å²) in [5, 5.41) is 0.728. The number of benzene rings is 1. The highest BCUT2D eigenvalue weighted by Crippen LogP contribution is 2.29. The number of nitrogens with two attached hydrogens (primary N) is 1. The Kier molecular flexibility index (Phi) is 3.68. The summed E-state index contributed by atoms with van der Waals surface area (Å²) >= 11 is 0. The highest BCUT2D eigenvalue weighted by atomic mass is 19.1. The van der Waals surface area contributed by atoms with Crippen molar-refractivity contribution in [3.05, 3.63) is 30.3 Å². The van der Waals surface area contributed by atoms with Crippen molar-refractivity contribution in [2.24, 2.45) is 11.7 Å². The monoisotopic (exact) mass is 288 g/mol. The molecule has 0 atom stereocenters. The van der Waals surface area contributed by atoms with Gasteiger partial charge >= 0.3 is 0 Å². The van der Waals surface area contributed by atoms with Crippen molar-refractivity contribution in [2.45, 2.75) is 19.3 Å². The SMILES string of the molecule is NC(=O)CC1CCN(c2ncnc3c(F)cccc23)CC1. The van der Waals surface area contributed by atoms with Crippen LogP contribution in [0.1, 0.15) is 19.3 Å². The number of hydrogen-bond acceptors (Lipinski definition) is 4. The molecule has 1 aromatic heterocycles. The molecule has 0 saturated carbocycles. The number of hydrogen-bond donors (Lipinski definition) is 1. The van der Waals surface area contributed by atoms with E-state index in [9.17, 15) is 9.18 Å². The van der Waals surface area contributed by atoms with Gasteiger partial charge in [0.05, 0.1) is 0 Å². The number of para-hydroxylation sites is 1. The van der Waals surface area contributed by atoms with Gasteiger partial charge in [-0.15, -0.1) is 0 Å². The first-order valence-corrected chi connectivity index (χ1v) is 7.07. The molecule has 1 amide bonds. The third-order valence-electron chi connectivity index (χ3n) is 4.00. The molecule has 1 aromatic carbocycles. The maximum atomic E-state index is 13.8. The van der Waals surface area contributed by atoms with Crippen LogP contribution in [0.25, 0.3) is 10.9 Å². The number of nitrogens with zero attached hydrogens (tertiary/aromatic N) is 3. The van der Waals surface area contributed by atoms with Gasteiger partial charge in [0.15, 0.2) is 0 Å². The van der Waals surface area contributed by atoms with Crippen LogP contribution in [0.2, 0.25) is 0 Å². The Labute approximate surface area is 122 Å². The lowest BCUT2D eigenvalue weighted by atomic mass is 9.93. The lowest BCUT2D eigenvalue weighted by Gasteiger charge is -2.32. The number of carbonyl (C=O) groups is 1. The minimum Gasteiger partial charge on any atom is -0.370 e. The first-order chi connectivity index (χ1) is 10.1. The standard InChI is InChI=1S/C15H17FN4O/c16-12-3-1-2-11-14(12)18-9-19-15(11)20-6-4-10(5-7-20)8-13(17)21/h1-3,9-10H,4-8H2,(H2,17,21). The predicted molar refractivity (Wildman–Crippen MR) is 78.2 cm³/mol. The fraction of sp³-hybridized carbons (Fsp3) is 0.400. The Morgan fingerprint density at radius 2 is 2.10 bits per heavy atom. The van der Waals surface area contributed by atoms with Crippen LogP contribution < -0.4 is 10.6 Å². The van der Waals surface area contributed by atoms with Crippen molar-refractivity contribution < 1.29 is 9.18 Å². The third kappa shape index (κ3) is 2.79. The highest BCUT2D eigenvalue weighted by molar-refractivity contribution is 5.89. The number of piperidine rings is 1. The van der Waals surface area contributed by atoms with Crippen molar-refractivity contribution in [3.8, 4) is 0 Å². The van der Waals surface area contributed by atoms with E-state index in [2.05, 4.69) is 14.9 Å². The van der Waals surface area contributed by atoms with E-state index in [4.69, 9.17) is 5.73 Å². The second kappa shape index (κ2) is 5.63. The number of primary amides is 1. The van der Waals surface area contributed by atoms with Crippen molar-refractivity contribution in [1.82, 2.24) is 9.97 Å². The number of aromatic nitrogens is 2. The first-order valence-electron chi connectivity index (χ1n) is 7.07. The van der Waals surface area contributed by atoms with Crippen LogP contribution in [0.3, 0.4) is 0 Å². The molecule has 5 nitrogen and oxygen atoms in total. The summed E-state index contributed by atoms with van der Waals surface area (Å²) in [5.74, 6) is 0.517. The van der Waals surface area contributed by atoms with Gasteiger partial charge in [-0.3, -0.25) is 4.79 Å². The summed E-state index contributed by atoms with van der Waals surface area (Å²) in [5.41, 5.74) is 5.59. The van der Waals surface area contributed by atoms with Crippen LogP contribution in [0, 0.1) is 11.7 Å². The van der Waals surface area contributed by atoms with Crippen LogP contribution in [0.5, 0.6) is 0 Å². The molecule has 2 aromatic rings. The van der Waals surface area contributed by atoms with Gasteiger partial charge in [0.25, 0.3) is 0 Å². The largest absolute Gasteiger partial charge is 0.370 e. The third-order valence-corrected chi connectivity index (χ3v) is 4.00. The van der Waals surface area contributed by atoms with E-state index in [1.165, 1.54) is 12.4 Å². The highest BCUT2D eigenvalue weighted by Gasteiger charge is 2.23. The van der Waals surface area contributed by atoms with Crippen LogP contribution >= 0.6 is 0 Å². The fourth-order valence-corrected chi connectivity index (χ4v) is 2.92. The lowest BCUT2D eigenvalue weighted by molar-refractivity contribution is -0.119. The van der Waals surface area contributed by atoms with Crippen LogP contribution in [0.4, 0.5) is 10.2 Å². The Balaban J connectivity index is 1.83. The normalized spacial score (nSPS) is 16.3. The molecule has 110 valence electrons. The van der Waals surface area contributed by atoms with Gasteiger partial charge < -0.3 is 10.6 Å². The minimum absolute atomic E-state index is 0.247. The molecule has 6 heteroatoms. The molecule has 1 fully saturated rings. The van der Waals surface area contributed by atoms with E-state index in [-0.39, 0.29) is 11.7 Å². The summed E-state index contributed by atoms with van der Waals surface area (Å²) in [7, 11) is 0. The van der Waals surface area contributed by atoms with Gasteiger partial charge in [-0.05, 0) is 30.9 Å².